The van der Waals surface area contributed by atoms with Gasteiger partial charge < -0.3 is 23.5 Å². The summed E-state index contributed by atoms with van der Waals surface area (Å²) in [6.45, 7) is 7.34. The van der Waals surface area contributed by atoms with Gasteiger partial charge in [-0.3, -0.25) is 0 Å². The molecule has 3 aromatic rings. The van der Waals surface area contributed by atoms with Crippen LogP contribution < -0.4 is 4.74 Å². The lowest BCUT2D eigenvalue weighted by Gasteiger charge is -2.28. The van der Waals surface area contributed by atoms with Crippen LogP contribution in [0.3, 0.4) is 0 Å². The van der Waals surface area contributed by atoms with E-state index in [0.29, 0.717) is 19.8 Å². The molecule has 0 N–H and O–H groups in total. The van der Waals surface area contributed by atoms with Crippen molar-refractivity contribution in [2.24, 2.45) is 0 Å². The Kier molecular flexibility index (Phi) is 6.94. The van der Waals surface area contributed by atoms with Crippen molar-refractivity contribution in [3.63, 3.8) is 0 Å². The maximum absolute atomic E-state index is 13.1. The van der Waals surface area contributed by atoms with Crippen LogP contribution in [0.2, 0.25) is 0 Å². The van der Waals surface area contributed by atoms with E-state index in [2.05, 4.69) is 18.2 Å². The van der Waals surface area contributed by atoms with Crippen molar-refractivity contribution in [2.75, 3.05) is 20.3 Å². The van der Waals surface area contributed by atoms with Crippen LogP contribution in [0.25, 0.3) is 21.9 Å². The first-order valence-corrected chi connectivity index (χ1v) is 11.6. The second-order valence-electron chi connectivity index (χ2n) is 9.50. The molecule has 1 heterocycles. The first kappa shape index (κ1) is 23.2. The molecule has 1 saturated carbocycles. The molecule has 0 atom stereocenters. The zero-order valence-corrected chi connectivity index (χ0v) is 19.9. The van der Waals surface area contributed by atoms with Crippen LogP contribution in [0, 0.1) is 0 Å². The summed E-state index contributed by atoms with van der Waals surface area (Å²) < 4.78 is 22.5. The molecule has 4 rings (SSSR count). The number of hydrogen-bond donors (Lipinski definition) is 0. The van der Waals surface area contributed by atoms with Gasteiger partial charge in [-0.15, -0.1) is 0 Å². The predicted molar refractivity (Wildman–Crippen MR) is 128 cm³/mol. The highest BCUT2D eigenvalue weighted by molar-refractivity contribution is 6.01. The summed E-state index contributed by atoms with van der Waals surface area (Å²) in [5, 5.41) is 2.10. The summed E-state index contributed by atoms with van der Waals surface area (Å²) in [5.74, 6) is 0.809. The van der Waals surface area contributed by atoms with Gasteiger partial charge in [-0.25, -0.2) is 4.79 Å². The van der Waals surface area contributed by atoms with Crippen molar-refractivity contribution in [1.82, 2.24) is 4.90 Å². The van der Waals surface area contributed by atoms with Crippen molar-refractivity contribution in [1.29, 1.82) is 0 Å². The number of methoxy groups -OCH3 is 1. The van der Waals surface area contributed by atoms with Crippen LogP contribution >= 0.6 is 0 Å². The Morgan fingerprint density at radius 3 is 2.52 bits per heavy atom. The zero-order chi connectivity index (χ0) is 23.4. The van der Waals surface area contributed by atoms with Gasteiger partial charge in [0.05, 0.1) is 25.7 Å². The summed E-state index contributed by atoms with van der Waals surface area (Å²) in [7, 11) is 1.69. The predicted octanol–water partition coefficient (Wildman–Crippen LogP) is 6.41. The molecule has 1 fully saturated rings. The van der Waals surface area contributed by atoms with Crippen LogP contribution in [0.5, 0.6) is 5.75 Å². The lowest BCUT2D eigenvalue weighted by Crippen LogP contribution is -2.38. The van der Waals surface area contributed by atoms with Gasteiger partial charge in [0.1, 0.15) is 11.4 Å². The van der Waals surface area contributed by atoms with E-state index in [1.165, 1.54) is 0 Å². The molecule has 6 heteroatoms. The number of benzene rings is 2. The summed E-state index contributed by atoms with van der Waals surface area (Å²) in [6, 6.07) is 12.4. The molecule has 1 amide bonds. The lowest BCUT2D eigenvalue weighted by atomic mass is 9.93. The van der Waals surface area contributed by atoms with Crippen LogP contribution in [0.4, 0.5) is 4.79 Å². The molecule has 1 aliphatic carbocycles. The number of carbonyl (C=O) groups is 1. The van der Waals surface area contributed by atoms with E-state index in [4.69, 9.17) is 18.6 Å². The zero-order valence-electron chi connectivity index (χ0n) is 19.9. The average molecular weight is 452 g/mol. The fourth-order valence-electron chi connectivity index (χ4n) is 4.01. The molecular weight excluding hydrogens is 418 g/mol. The second-order valence-corrected chi connectivity index (χ2v) is 9.50. The number of amides is 1. The molecule has 1 aromatic heterocycles. The van der Waals surface area contributed by atoms with Gasteiger partial charge in [0, 0.05) is 37.1 Å². The SMILES string of the molecule is COCCCOc1cc(CN(C(=O)OC(C)(C)C)C2CC2)c(-c2ccoc2)c2ccccc12. The van der Waals surface area contributed by atoms with Crippen LogP contribution in [-0.4, -0.2) is 43.0 Å². The first-order chi connectivity index (χ1) is 15.9. The first-order valence-electron chi connectivity index (χ1n) is 11.6. The fraction of sp³-hybridized carbons (Fsp3) is 0.444. The topological polar surface area (TPSA) is 61.1 Å². The maximum atomic E-state index is 13.1. The molecule has 2 aromatic carbocycles. The third kappa shape index (κ3) is 5.69. The van der Waals surface area contributed by atoms with Gasteiger partial charge in [-0.2, -0.15) is 0 Å². The lowest BCUT2D eigenvalue weighted by molar-refractivity contribution is 0.0217. The van der Waals surface area contributed by atoms with E-state index in [1.807, 2.05) is 43.9 Å². The monoisotopic (exact) mass is 451 g/mol. The van der Waals surface area contributed by atoms with E-state index >= 15 is 0 Å². The molecule has 0 saturated heterocycles. The summed E-state index contributed by atoms with van der Waals surface area (Å²) in [6.07, 6.45) is 5.94. The smallest absolute Gasteiger partial charge is 0.410 e. The number of ether oxygens (including phenoxy) is 3. The molecule has 1 aliphatic rings. The van der Waals surface area contributed by atoms with Crippen molar-refractivity contribution < 1.29 is 23.4 Å². The van der Waals surface area contributed by atoms with Crippen molar-refractivity contribution in [2.45, 2.75) is 58.2 Å². The minimum atomic E-state index is -0.545. The molecule has 0 spiro atoms. The molecule has 0 aliphatic heterocycles. The molecule has 0 bridgehead atoms. The quantitative estimate of drug-likeness (QED) is 0.352. The Balaban J connectivity index is 1.76. The third-order valence-electron chi connectivity index (χ3n) is 5.60. The Morgan fingerprint density at radius 1 is 1.12 bits per heavy atom. The Bertz CT molecular complexity index is 1080. The maximum Gasteiger partial charge on any atom is 0.410 e. The highest BCUT2D eigenvalue weighted by Gasteiger charge is 2.36. The van der Waals surface area contributed by atoms with E-state index < -0.39 is 5.60 Å². The highest BCUT2D eigenvalue weighted by atomic mass is 16.6. The second kappa shape index (κ2) is 9.87. The number of hydrogen-bond acceptors (Lipinski definition) is 5. The summed E-state index contributed by atoms with van der Waals surface area (Å²) >= 11 is 0. The minimum Gasteiger partial charge on any atom is -0.493 e. The van der Waals surface area contributed by atoms with Crippen LogP contribution in [0.1, 0.15) is 45.6 Å². The van der Waals surface area contributed by atoms with Gasteiger partial charge in [-0.1, -0.05) is 24.3 Å². The van der Waals surface area contributed by atoms with Gasteiger partial charge in [0.2, 0.25) is 0 Å². The summed E-state index contributed by atoms with van der Waals surface area (Å²) in [4.78, 5) is 14.9. The largest absolute Gasteiger partial charge is 0.493 e. The van der Waals surface area contributed by atoms with E-state index in [-0.39, 0.29) is 12.1 Å². The molecule has 0 radical (unpaired) electrons. The van der Waals surface area contributed by atoms with Crippen molar-refractivity contribution >= 4 is 16.9 Å². The Hall–Kier alpha value is -2.99. The number of fused-ring (bicyclic) bond motifs is 1. The molecular formula is C27H33NO5. The number of nitrogens with zero attached hydrogens (tertiary/aromatic N) is 1. The molecule has 6 nitrogen and oxygen atoms in total. The average Bonchev–Trinajstić information content (AvgIpc) is 3.47. The van der Waals surface area contributed by atoms with Gasteiger partial charge in [0.25, 0.3) is 0 Å². The van der Waals surface area contributed by atoms with Gasteiger partial charge in [0.15, 0.2) is 0 Å². The fourth-order valence-corrected chi connectivity index (χ4v) is 4.01. The number of carbonyl (C=O) groups excluding carboxylic acids is 1. The highest BCUT2D eigenvalue weighted by Crippen LogP contribution is 2.40. The molecule has 176 valence electrons. The minimum absolute atomic E-state index is 0.203. The Morgan fingerprint density at radius 2 is 1.88 bits per heavy atom. The molecule has 33 heavy (non-hydrogen) atoms. The van der Waals surface area contributed by atoms with Crippen molar-refractivity contribution in [3.05, 3.63) is 54.5 Å². The van der Waals surface area contributed by atoms with Gasteiger partial charge in [-0.05, 0) is 62.3 Å². The van der Waals surface area contributed by atoms with Crippen molar-refractivity contribution in [3.8, 4) is 16.9 Å². The Labute approximate surface area is 195 Å². The number of rotatable bonds is 9. The van der Waals surface area contributed by atoms with Crippen LogP contribution in [0.15, 0.2) is 53.3 Å². The van der Waals surface area contributed by atoms with Gasteiger partial charge >= 0.3 is 6.09 Å². The van der Waals surface area contributed by atoms with E-state index in [9.17, 15) is 4.79 Å². The standard InChI is InChI=1S/C27H33NO5/c1-27(2,3)33-26(29)28(21-10-11-21)17-20-16-24(32-14-7-13-30-4)22-8-5-6-9-23(22)25(20)19-12-15-31-18-19/h5-6,8-9,12,15-16,18,21H,7,10-11,13-14,17H2,1-4H3. The summed E-state index contributed by atoms with van der Waals surface area (Å²) in [5.41, 5.74) is 2.50. The third-order valence-corrected chi connectivity index (χ3v) is 5.60. The van der Waals surface area contributed by atoms with E-state index in [0.717, 1.165) is 52.5 Å². The van der Waals surface area contributed by atoms with Crippen LogP contribution in [-0.2, 0) is 16.0 Å². The molecule has 0 unspecified atom stereocenters. The normalized spacial score (nSPS) is 13.8. The number of furan rings is 1. The van der Waals surface area contributed by atoms with E-state index in [1.54, 1.807) is 19.6 Å².